The van der Waals surface area contributed by atoms with E-state index in [2.05, 4.69) is 29.8 Å². The Morgan fingerprint density at radius 1 is 1.20 bits per heavy atom. The van der Waals surface area contributed by atoms with Crippen LogP contribution in [0.1, 0.15) is 0 Å². The third-order valence-electron chi connectivity index (χ3n) is 0.136. The molecular weight excluding hydrogens is 102 g/mol. The molecule has 0 unspecified atom stereocenters. The quantitative estimate of drug-likeness (QED) is 0.513. The lowest BCUT2D eigenvalue weighted by Gasteiger charge is -1.71. The smallest absolute Gasteiger partial charge is 0.0660 e. The maximum absolute atomic E-state index is 4.32. The third kappa shape index (κ3) is 3.98. The van der Waals surface area contributed by atoms with E-state index in [-0.39, 0.29) is 0 Å². The van der Waals surface area contributed by atoms with Crippen molar-refractivity contribution in [3.8, 4) is 0 Å². The van der Waals surface area contributed by atoms with Gasteiger partial charge in [0.1, 0.15) is 0 Å². The molecule has 0 heterocycles. The number of hydrogen-bond donors (Lipinski definition) is 1. The molecule has 0 spiro atoms. The van der Waals surface area contributed by atoms with E-state index in [0.717, 1.165) is 0 Å². The van der Waals surface area contributed by atoms with Gasteiger partial charge < -0.3 is 5.32 Å². The lowest BCUT2D eigenvalue weighted by Crippen LogP contribution is -2.01. The van der Waals surface area contributed by atoms with Crippen molar-refractivity contribution in [2.45, 2.75) is 0 Å². The molecule has 0 aliphatic rings. The van der Waals surface area contributed by atoms with Crippen LogP contribution in [0.5, 0.6) is 0 Å². The van der Waals surface area contributed by atoms with Crippen LogP contribution in [0.25, 0.3) is 0 Å². The number of thiocarbonyl (C=S) groups is 2. The van der Waals surface area contributed by atoms with Gasteiger partial charge in [-0.25, -0.2) is 0 Å². The standard InChI is InChI=1S/C2H3NS2/c4-1-3-2-5/h1-2H,(H,3,4,5). The van der Waals surface area contributed by atoms with Crippen molar-refractivity contribution >= 4 is 35.4 Å². The topological polar surface area (TPSA) is 12.0 Å². The highest BCUT2D eigenvalue weighted by Crippen LogP contribution is 1.37. The summed E-state index contributed by atoms with van der Waals surface area (Å²) in [6, 6.07) is 0. The zero-order valence-electron chi connectivity index (χ0n) is 2.47. The summed E-state index contributed by atoms with van der Waals surface area (Å²) in [6.45, 7) is 0. The first-order valence-corrected chi connectivity index (χ1v) is 1.99. The molecule has 0 radical (unpaired) electrons. The summed E-state index contributed by atoms with van der Waals surface area (Å²) in [4.78, 5) is 0. The lowest BCUT2D eigenvalue weighted by molar-refractivity contribution is 1.58. The number of hydrogen-bond acceptors (Lipinski definition) is 2. The molecule has 0 amide bonds. The first kappa shape index (κ1) is 4.98. The van der Waals surface area contributed by atoms with Crippen molar-refractivity contribution in [2.24, 2.45) is 0 Å². The predicted octanol–water partition coefficient (Wildman–Crippen LogP) is 0.490. The van der Waals surface area contributed by atoms with Gasteiger partial charge in [-0.3, -0.25) is 0 Å². The molecule has 0 saturated heterocycles. The van der Waals surface area contributed by atoms with Crippen LogP contribution < -0.4 is 5.32 Å². The highest BCUT2D eigenvalue weighted by atomic mass is 32.1. The maximum atomic E-state index is 4.32. The average Bonchev–Trinajstić information content (AvgIpc) is 1.41. The van der Waals surface area contributed by atoms with Crippen molar-refractivity contribution in [1.29, 1.82) is 0 Å². The fourth-order valence-corrected chi connectivity index (χ4v) is 0.250. The minimum atomic E-state index is 1.35. The van der Waals surface area contributed by atoms with Crippen LogP contribution in [0.15, 0.2) is 0 Å². The van der Waals surface area contributed by atoms with Gasteiger partial charge in [-0.1, -0.05) is 24.4 Å². The molecular formula is C2H3NS2. The van der Waals surface area contributed by atoms with Crippen LogP contribution in [-0.4, -0.2) is 11.0 Å². The second kappa shape index (κ2) is 3.98. The van der Waals surface area contributed by atoms with E-state index in [1.165, 1.54) is 11.0 Å². The molecule has 0 saturated carbocycles. The van der Waals surface area contributed by atoms with E-state index in [4.69, 9.17) is 0 Å². The van der Waals surface area contributed by atoms with Gasteiger partial charge in [-0.15, -0.1) is 0 Å². The van der Waals surface area contributed by atoms with Crippen LogP contribution >= 0.6 is 24.4 Å². The summed E-state index contributed by atoms with van der Waals surface area (Å²) < 4.78 is 0. The molecule has 1 N–H and O–H groups in total. The Kier molecular flexibility index (Phi) is 3.96. The Hall–Kier alpha value is -0.0200. The Morgan fingerprint density at radius 2 is 1.60 bits per heavy atom. The molecule has 0 rings (SSSR count). The third-order valence-corrected chi connectivity index (χ3v) is 0.408. The zero-order chi connectivity index (χ0) is 4.12. The average molecular weight is 105 g/mol. The molecule has 3 heteroatoms. The Labute approximate surface area is 41.4 Å². The zero-order valence-corrected chi connectivity index (χ0v) is 4.10. The second-order valence-electron chi connectivity index (χ2n) is 0.402. The van der Waals surface area contributed by atoms with Crippen LogP contribution in [0, 0.1) is 0 Å². The molecule has 0 aromatic heterocycles. The van der Waals surface area contributed by atoms with Gasteiger partial charge in [0, 0.05) is 0 Å². The number of rotatable bonds is 2. The molecule has 0 fully saturated rings. The minimum Gasteiger partial charge on any atom is -0.350 e. The SMILES string of the molecule is S=CNC=S. The van der Waals surface area contributed by atoms with Gasteiger partial charge in [-0.05, 0) is 0 Å². The second-order valence-corrected chi connectivity index (χ2v) is 0.874. The Morgan fingerprint density at radius 3 is 1.60 bits per heavy atom. The Balaban J connectivity index is 2.65. The molecule has 0 aromatic carbocycles. The number of nitrogens with one attached hydrogen (secondary N) is 1. The van der Waals surface area contributed by atoms with E-state index in [9.17, 15) is 0 Å². The first-order valence-electron chi connectivity index (χ1n) is 1.05. The maximum Gasteiger partial charge on any atom is 0.0660 e. The van der Waals surface area contributed by atoms with E-state index in [0.29, 0.717) is 0 Å². The lowest BCUT2D eigenvalue weighted by atomic mass is 11.3. The van der Waals surface area contributed by atoms with Crippen molar-refractivity contribution in [2.75, 3.05) is 0 Å². The largest absolute Gasteiger partial charge is 0.350 e. The van der Waals surface area contributed by atoms with Crippen LogP contribution in [0.2, 0.25) is 0 Å². The summed E-state index contributed by atoms with van der Waals surface area (Å²) in [5.74, 6) is 0. The van der Waals surface area contributed by atoms with Crippen molar-refractivity contribution in [3.05, 3.63) is 0 Å². The van der Waals surface area contributed by atoms with Crippen molar-refractivity contribution in [1.82, 2.24) is 5.32 Å². The molecule has 28 valence electrons. The normalized spacial score (nSPS) is 5.60. The van der Waals surface area contributed by atoms with Gasteiger partial charge >= 0.3 is 0 Å². The van der Waals surface area contributed by atoms with E-state index in [1.54, 1.807) is 0 Å². The molecule has 0 aliphatic carbocycles. The van der Waals surface area contributed by atoms with Gasteiger partial charge in [0.2, 0.25) is 0 Å². The molecule has 5 heavy (non-hydrogen) atoms. The van der Waals surface area contributed by atoms with Crippen LogP contribution in [0.3, 0.4) is 0 Å². The van der Waals surface area contributed by atoms with Gasteiger partial charge in [0.25, 0.3) is 0 Å². The molecule has 0 aromatic rings. The minimum absolute atomic E-state index is 1.35. The molecule has 0 bridgehead atoms. The summed E-state index contributed by atoms with van der Waals surface area (Å²) >= 11 is 8.63. The monoisotopic (exact) mass is 105 g/mol. The van der Waals surface area contributed by atoms with Crippen LogP contribution in [0.4, 0.5) is 0 Å². The fourth-order valence-electron chi connectivity index (χ4n) is 0.0278. The van der Waals surface area contributed by atoms with E-state index < -0.39 is 0 Å². The first-order chi connectivity index (χ1) is 2.41. The molecule has 0 atom stereocenters. The fraction of sp³-hybridized carbons (Fsp3) is 0. The van der Waals surface area contributed by atoms with Crippen molar-refractivity contribution in [3.63, 3.8) is 0 Å². The highest BCUT2D eigenvalue weighted by Gasteiger charge is 1.48. The summed E-state index contributed by atoms with van der Waals surface area (Å²) in [6.07, 6.45) is 0. The van der Waals surface area contributed by atoms with E-state index in [1.807, 2.05) is 0 Å². The summed E-state index contributed by atoms with van der Waals surface area (Å²) in [7, 11) is 0. The predicted molar refractivity (Wildman–Crippen MR) is 30.4 cm³/mol. The molecule has 0 aliphatic heterocycles. The van der Waals surface area contributed by atoms with Gasteiger partial charge in [0.15, 0.2) is 0 Å². The van der Waals surface area contributed by atoms with E-state index >= 15 is 0 Å². The summed E-state index contributed by atoms with van der Waals surface area (Å²) in [5, 5.41) is 2.49. The van der Waals surface area contributed by atoms with Crippen molar-refractivity contribution < 1.29 is 0 Å². The van der Waals surface area contributed by atoms with Gasteiger partial charge in [0.05, 0.1) is 11.0 Å². The highest BCUT2D eigenvalue weighted by molar-refractivity contribution is 7.80. The molecule has 1 nitrogen and oxygen atoms in total. The van der Waals surface area contributed by atoms with Gasteiger partial charge in [-0.2, -0.15) is 0 Å². The summed E-state index contributed by atoms with van der Waals surface area (Å²) in [5.41, 5.74) is 2.71. The van der Waals surface area contributed by atoms with Crippen LogP contribution in [-0.2, 0) is 0 Å². The Bertz CT molecular complexity index is 36.9.